The SMILES string of the molecule is CCN1C(=O)CC(CC(=O)N2CCCC(c3ccccc3C)C2)(c2ccccc2C)C1=O. The average Bonchev–Trinajstić information content (AvgIpc) is 3.03. The molecule has 3 amide bonds. The van der Waals surface area contributed by atoms with Gasteiger partial charge in [0.15, 0.2) is 0 Å². The van der Waals surface area contributed by atoms with Crippen LogP contribution in [0.2, 0.25) is 0 Å². The van der Waals surface area contributed by atoms with Crippen molar-refractivity contribution >= 4 is 17.7 Å². The predicted octanol–water partition coefficient (Wildman–Crippen LogP) is 4.12. The molecule has 4 rings (SSSR count). The Kier molecular flexibility index (Phi) is 6.18. The van der Waals surface area contributed by atoms with Gasteiger partial charge in [0.05, 0.1) is 5.41 Å². The minimum absolute atomic E-state index is 0.0364. The van der Waals surface area contributed by atoms with Crippen molar-refractivity contribution in [2.24, 2.45) is 0 Å². The first-order valence-electron chi connectivity index (χ1n) is 11.6. The summed E-state index contributed by atoms with van der Waals surface area (Å²) in [6.45, 7) is 7.56. The van der Waals surface area contributed by atoms with Gasteiger partial charge < -0.3 is 4.90 Å². The molecule has 0 N–H and O–H groups in total. The first-order valence-corrected chi connectivity index (χ1v) is 11.6. The smallest absolute Gasteiger partial charge is 0.240 e. The third-order valence-electron chi connectivity index (χ3n) is 7.24. The van der Waals surface area contributed by atoms with Crippen molar-refractivity contribution in [1.82, 2.24) is 9.80 Å². The molecule has 168 valence electrons. The number of aryl methyl sites for hydroxylation is 2. The zero-order valence-electron chi connectivity index (χ0n) is 19.3. The summed E-state index contributed by atoms with van der Waals surface area (Å²) < 4.78 is 0. The topological polar surface area (TPSA) is 57.7 Å². The van der Waals surface area contributed by atoms with Crippen molar-refractivity contribution in [3.8, 4) is 0 Å². The van der Waals surface area contributed by atoms with E-state index in [1.54, 1.807) is 0 Å². The summed E-state index contributed by atoms with van der Waals surface area (Å²) in [5, 5.41) is 0. The lowest BCUT2D eigenvalue weighted by atomic mass is 9.73. The molecule has 0 aromatic heterocycles. The van der Waals surface area contributed by atoms with Gasteiger partial charge in [-0.05, 0) is 55.9 Å². The third kappa shape index (κ3) is 3.85. The van der Waals surface area contributed by atoms with Gasteiger partial charge >= 0.3 is 0 Å². The minimum atomic E-state index is -1.11. The highest BCUT2D eigenvalue weighted by molar-refractivity contribution is 6.10. The normalized spacial score (nSPS) is 23.7. The largest absolute Gasteiger partial charge is 0.342 e. The van der Waals surface area contributed by atoms with Crippen LogP contribution in [0.3, 0.4) is 0 Å². The van der Waals surface area contributed by atoms with Crippen LogP contribution in [0.5, 0.6) is 0 Å². The van der Waals surface area contributed by atoms with E-state index in [-0.39, 0.29) is 30.6 Å². The van der Waals surface area contributed by atoms with Crippen LogP contribution < -0.4 is 0 Å². The molecule has 2 aliphatic rings. The van der Waals surface area contributed by atoms with Crippen molar-refractivity contribution in [2.45, 2.75) is 57.8 Å². The molecule has 2 aromatic rings. The summed E-state index contributed by atoms with van der Waals surface area (Å²) in [5.41, 5.74) is 3.18. The molecule has 0 spiro atoms. The van der Waals surface area contributed by atoms with E-state index in [4.69, 9.17) is 0 Å². The highest BCUT2D eigenvalue weighted by atomic mass is 16.2. The molecule has 2 fully saturated rings. The summed E-state index contributed by atoms with van der Waals surface area (Å²) in [5.74, 6) is -0.160. The number of hydrogen-bond donors (Lipinski definition) is 0. The fraction of sp³-hybridized carbons (Fsp3) is 0.444. The number of nitrogens with zero attached hydrogens (tertiary/aromatic N) is 2. The Morgan fingerprint density at radius 3 is 2.38 bits per heavy atom. The van der Waals surface area contributed by atoms with E-state index in [9.17, 15) is 14.4 Å². The van der Waals surface area contributed by atoms with E-state index < -0.39 is 5.41 Å². The van der Waals surface area contributed by atoms with Crippen molar-refractivity contribution in [3.05, 3.63) is 70.8 Å². The van der Waals surface area contributed by atoms with Crippen molar-refractivity contribution < 1.29 is 14.4 Å². The number of carbonyl (C=O) groups is 3. The molecule has 0 bridgehead atoms. The summed E-state index contributed by atoms with van der Waals surface area (Å²) in [6.07, 6.45) is 2.10. The predicted molar refractivity (Wildman–Crippen MR) is 124 cm³/mol. The van der Waals surface area contributed by atoms with Crippen LogP contribution >= 0.6 is 0 Å². The van der Waals surface area contributed by atoms with Crippen LogP contribution in [0.1, 0.15) is 60.8 Å². The molecule has 2 aliphatic heterocycles. The minimum Gasteiger partial charge on any atom is -0.342 e. The lowest BCUT2D eigenvalue weighted by Crippen LogP contribution is -2.46. The van der Waals surface area contributed by atoms with E-state index >= 15 is 0 Å². The van der Waals surface area contributed by atoms with Gasteiger partial charge in [0, 0.05) is 38.4 Å². The van der Waals surface area contributed by atoms with E-state index in [0.717, 1.165) is 24.0 Å². The molecular formula is C27H32N2O3. The Morgan fingerprint density at radius 2 is 1.72 bits per heavy atom. The van der Waals surface area contributed by atoms with Gasteiger partial charge in [-0.3, -0.25) is 19.3 Å². The highest BCUT2D eigenvalue weighted by Gasteiger charge is 2.54. The number of amides is 3. The van der Waals surface area contributed by atoms with Gasteiger partial charge in [-0.25, -0.2) is 0 Å². The Bertz CT molecular complexity index is 1050. The molecule has 2 aromatic carbocycles. The number of benzene rings is 2. The molecular weight excluding hydrogens is 400 g/mol. The van der Waals surface area contributed by atoms with Gasteiger partial charge in [0.25, 0.3) is 0 Å². The number of imide groups is 1. The Morgan fingerprint density at radius 1 is 1.03 bits per heavy atom. The molecule has 2 unspecified atom stereocenters. The Balaban J connectivity index is 1.63. The van der Waals surface area contributed by atoms with Gasteiger partial charge in [0.2, 0.25) is 17.7 Å². The fourth-order valence-electron chi connectivity index (χ4n) is 5.55. The van der Waals surface area contributed by atoms with Crippen LogP contribution in [0, 0.1) is 13.8 Å². The lowest BCUT2D eigenvalue weighted by molar-refractivity contribution is -0.142. The zero-order chi connectivity index (χ0) is 22.9. The number of carbonyl (C=O) groups excluding carboxylic acids is 3. The first kappa shape index (κ1) is 22.3. The molecule has 0 saturated carbocycles. The quantitative estimate of drug-likeness (QED) is 0.668. The molecule has 32 heavy (non-hydrogen) atoms. The number of likely N-dealkylation sites (N-methyl/N-ethyl adjacent to an activating group) is 1. The summed E-state index contributed by atoms with van der Waals surface area (Å²) >= 11 is 0. The molecule has 2 atom stereocenters. The lowest BCUT2D eigenvalue weighted by Gasteiger charge is -2.36. The Labute approximate surface area is 190 Å². The van der Waals surface area contributed by atoms with Gasteiger partial charge in [-0.2, -0.15) is 0 Å². The van der Waals surface area contributed by atoms with Crippen molar-refractivity contribution in [2.75, 3.05) is 19.6 Å². The number of hydrogen-bond acceptors (Lipinski definition) is 3. The maximum Gasteiger partial charge on any atom is 0.240 e. The molecule has 5 heteroatoms. The number of likely N-dealkylation sites (tertiary alicyclic amines) is 2. The van der Waals surface area contributed by atoms with Crippen LogP contribution in [0.4, 0.5) is 0 Å². The average molecular weight is 433 g/mol. The monoisotopic (exact) mass is 432 g/mol. The maximum absolute atomic E-state index is 13.6. The molecule has 0 radical (unpaired) electrons. The third-order valence-corrected chi connectivity index (χ3v) is 7.24. The summed E-state index contributed by atoms with van der Waals surface area (Å²) in [6, 6.07) is 16.0. The maximum atomic E-state index is 13.6. The van der Waals surface area contributed by atoms with E-state index in [1.807, 2.05) is 49.1 Å². The van der Waals surface area contributed by atoms with Crippen LogP contribution in [-0.4, -0.2) is 47.2 Å². The van der Waals surface area contributed by atoms with Crippen molar-refractivity contribution in [3.63, 3.8) is 0 Å². The van der Waals surface area contributed by atoms with Gasteiger partial charge in [0.1, 0.15) is 0 Å². The fourth-order valence-corrected chi connectivity index (χ4v) is 5.55. The van der Waals surface area contributed by atoms with Gasteiger partial charge in [-0.15, -0.1) is 0 Å². The standard InChI is InChI=1S/C27H32N2O3/c1-4-29-25(31)17-27(26(29)32,23-14-8-6-11-20(23)3)16-24(30)28-15-9-12-21(18-28)22-13-7-5-10-19(22)2/h5-8,10-11,13-14,21H,4,9,12,15-18H2,1-3H3. The number of rotatable bonds is 5. The van der Waals surface area contributed by atoms with Crippen LogP contribution in [0.25, 0.3) is 0 Å². The molecule has 5 nitrogen and oxygen atoms in total. The molecule has 2 heterocycles. The van der Waals surface area contributed by atoms with E-state index in [0.29, 0.717) is 25.6 Å². The zero-order valence-corrected chi connectivity index (χ0v) is 19.3. The van der Waals surface area contributed by atoms with E-state index in [2.05, 4.69) is 25.1 Å². The van der Waals surface area contributed by atoms with Crippen LogP contribution in [0.15, 0.2) is 48.5 Å². The molecule has 2 saturated heterocycles. The second-order valence-electron chi connectivity index (χ2n) is 9.23. The number of piperidine rings is 1. The highest BCUT2D eigenvalue weighted by Crippen LogP contribution is 2.42. The van der Waals surface area contributed by atoms with Gasteiger partial charge in [-0.1, -0.05) is 48.5 Å². The summed E-state index contributed by atoms with van der Waals surface area (Å²) in [7, 11) is 0. The Hall–Kier alpha value is -2.95. The summed E-state index contributed by atoms with van der Waals surface area (Å²) in [4.78, 5) is 43.1. The second kappa shape index (κ2) is 8.89. The van der Waals surface area contributed by atoms with Crippen molar-refractivity contribution in [1.29, 1.82) is 0 Å². The second-order valence-corrected chi connectivity index (χ2v) is 9.23. The molecule has 0 aliphatic carbocycles. The van der Waals surface area contributed by atoms with Crippen LogP contribution in [-0.2, 0) is 19.8 Å². The van der Waals surface area contributed by atoms with E-state index in [1.165, 1.54) is 16.0 Å². The first-order chi connectivity index (χ1) is 15.4.